The minimum absolute atomic E-state index is 0.0908. The lowest BCUT2D eigenvalue weighted by atomic mass is 10.4. The first kappa shape index (κ1) is 6.33. The third-order valence-corrected chi connectivity index (χ3v) is 1.58. The van der Waals surface area contributed by atoms with Gasteiger partial charge in [-0.1, -0.05) is 0 Å². The monoisotopic (exact) mass is 153 g/mol. The van der Waals surface area contributed by atoms with Crippen LogP contribution < -0.4 is 5.73 Å². The molecule has 1 aliphatic rings. The van der Waals surface area contributed by atoms with Crippen molar-refractivity contribution in [2.45, 2.75) is 18.8 Å². The molecule has 2 rings (SSSR count). The van der Waals surface area contributed by atoms with Gasteiger partial charge in [0.15, 0.2) is 0 Å². The summed E-state index contributed by atoms with van der Waals surface area (Å²) in [6.45, 7) is 0. The van der Waals surface area contributed by atoms with E-state index in [9.17, 15) is 4.79 Å². The molecule has 0 aliphatic heterocycles. The third-order valence-electron chi connectivity index (χ3n) is 1.58. The topological polar surface area (TPSA) is 82.0 Å². The summed E-state index contributed by atoms with van der Waals surface area (Å²) in [5.41, 5.74) is 4.91. The van der Waals surface area contributed by atoms with Gasteiger partial charge in [-0.15, -0.1) is 10.2 Å². The van der Waals surface area contributed by atoms with Gasteiger partial charge < -0.3 is 10.2 Å². The van der Waals surface area contributed by atoms with E-state index in [1.54, 1.807) is 0 Å². The zero-order valence-electron chi connectivity index (χ0n) is 5.78. The van der Waals surface area contributed by atoms with Crippen molar-refractivity contribution < 1.29 is 9.21 Å². The van der Waals surface area contributed by atoms with Crippen LogP contribution in [0.2, 0.25) is 0 Å². The quantitative estimate of drug-likeness (QED) is 0.650. The number of amides is 1. The van der Waals surface area contributed by atoms with E-state index >= 15 is 0 Å². The summed E-state index contributed by atoms with van der Waals surface area (Å²) in [6.07, 6.45) is 2.14. The van der Waals surface area contributed by atoms with Gasteiger partial charge in [0.25, 0.3) is 0 Å². The van der Waals surface area contributed by atoms with Crippen molar-refractivity contribution in [1.29, 1.82) is 0 Å². The van der Waals surface area contributed by atoms with Crippen molar-refractivity contribution in [2.24, 2.45) is 5.73 Å². The fraction of sp³-hybridized carbons (Fsp3) is 0.500. The third kappa shape index (κ3) is 1.09. The van der Waals surface area contributed by atoms with Crippen LogP contribution in [0.4, 0.5) is 0 Å². The Balaban J connectivity index is 2.25. The van der Waals surface area contributed by atoms with Crippen LogP contribution in [-0.2, 0) is 0 Å². The Morgan fingerprint density at radius 3 is 2.73 bits per heavy atom. The lowest BCUT2D eigenvalue weighted by molar-refractivity contribution is 0.0965. The average molecular weight is 153 g/mol. The van der Waals surface area contributed by atoms with E-state index in [2.05, 4.69) is 10.2 Å². The molecule has 2 N–H and O–H groups in total. The SMILES string of the molecule is NC(=O)c1nnc(C2CC2)o1. The number of carbonyl (C=O) groups is 1. The Labute approximate surface area is 62.6 Å². The summed E-state index contributed by atoms with van der Waals surface area (Å²) >= 11 is 0. The maximum Gasteiger partial charge on any atom is 0.306 e. The van der Waals surface area contributed by atoms with E-state index in [0.717, 1.165) is 12.8 Å². The Morgan fingerprint density at radius 2 is 2.27 bits per heavy atom. The van der Waals surface area contributed by atoms with Gasteiger partial charge in [-0.05, 0) is 12.8 Å². The first-order valence-electron chi connectivity index (χ1n) is 3.40. The van der Waals surface area contributed by atoms with E-state index < -0.39 is 5.91 Å². The van der Waals surface area contributed by atoms with E-state index in [-0.39, 0.29) is 5.89 Å². The highest BCUT2D eigenvalue weighted by atomic mass is 16.4. The van der Waals surface area contributed by atoms with E-state index in [1.807, 2.05) is 0 Å². The summed E-state index contributed by atoms with van der Waals surface area (Å²) in [5, 5.41) is 7.17. The fourth-order valence-corrected chi connectivity index (χ4v) is 0.829. The first-order chi connectivity index (χ1) is 5.27. The highest BCUT2D eigenvalue weighted by Gasteiger charge is 2.29. The number of hydrogen-bond donors (Lipinski definition) is 1. The van der Waals surface area contributed by atoms with Crippen LogP contribution in [0.1, 0.15) is 35.3 Å². The van der Waals surface area contributed by atoms with Crippen molar-refractivity contribution in [3.8, 4) is 0 Å². The fourth-order valence-electron chi connectivity index (χ4n) is 0.829. The molecular formula is C6H7N3O2. The number of nitrogens with zero attached hydrogens (tertiary/aromatic N) is 2. The smallest absolute Gasteiger partial charge is 0.306 e. The number of rotatable bonds is 2. The maximum absolute atomic E-state index is 10.5. The van der Waals surface area contributed by atoms with Crippen LogP contribution in [0.3, 0.4) is 0 Å². The molecule has 5 heteroatoms. The predicted octanol–water partition coefficient (Wildman–Crippen LogP) is 0.0459. The molecule has 0 spiro atoms. The van der Waals surface area contributed by atoms with Crippen LogP contribution in [0.5, 0.6) is 0 Å². The van der Waals surface area contributed by atoms with E-state index in [0.29, 0.717) is 11.8 Å². The zero-order chi connectivity index (χ0) is 7.84. The molecule has 1 aromatic heterocycles. The van der Waals surface area contributed by atoms with Crippen LogP contribution >= 0.6 is 0 Å². The molecular weight excluding hydrogens is 146 g/mol. The number of aromatic nitrogens is 2. The second kappa shape index (κ2) is 2.05. The summed E-state index contributed by atoms with van der Waals surface area (Å²) < 4.78 is 4.97. The maximum atomic E-state index is 10.5. The highest BCUT2D eigenvalue weighted by molar-refractivity contribution is 5.87. The Morgan fingerprint density at radius 1 is 1.55 bits per heavy atom. The van der Waals surface area contributed by atoms with Crippen molar-refractivity contribution in [2.75, 3.05) is 0 Å². The van der Waals surface area contributed by atoms with Crippen molar-refractivity contribution >= 4 is 5.91 Å². The van der Waals surface area contributed by atoms with Crippen molar-refractivity contribution in [3.05, 3.63) is 11.8 Å². The van der Waals surface area contributed by atoms with Gasteiger partial charge in [0, 0.05) is 5.92 Å². The van der Waals surface area contributed by atoms with Crippen LogP contribution in [-0.4, -0.2) is 16.1 Å². The van der Waals surface area contributed by atoms with Crippen molar-refractivity contribution in [1.82, 2.24) is 10.2 Å². The minimum Gasteiger partial charge on any atom is -0.417 e. The predicted molar refractivity (Wildman–Crippen MR) is 34.8 cm³/mol. The molecule has 1 saturated carbocycles. The van der Waals surface area contributed by atoms with Gasteiger partial charge in [0.2, 0.25) is 5.89 Å². The van der Waals surface area contributed by atoms with Crippen LogP contribution in [0, 0.1) is 0 Å². The molecule has 58 valence electrons. The highest BCUT2D eigenvalue weighted by Crippen LogP contribution is 2.38. The van der Waals surface area contributed by atoms with E-state index in [1.165, 1.54) is 0 Å². The van der Waals surface area contributed by atoms with E-state index in [4.69, 9.17) is 10.2 Å². The Hall–Kier alpha value is -1.39. The largest absolute Gasteiger partial charge is 0.417 e. The second-order valence-corrected chi connectivity index (χ2v) is 2.58. The Kier molecular flexibility index (Phi) is 1.18. The van der Waals surface area contributed by atoms with Gasteiger partial charge in [-0.3, -0.25) is 4.79 Å². The number of hydrogen-bond acceptors (Lipinski definition) is 4. The molecule has 1 amide bonds. The molecule has 0 radical (unpaired) electrons. The normalized spacial score (nSPS) is 16.7. The second-order valence-electron chi connectivity index (χ2n) is 2.58. The molecule has 0 bridgehead atoms. The molecule has 1 aliphatic carbocycles. The number of carbonyl (C=O) groups excluding carboxylic acids is 1. The lowest BCUT2D eigenvalue weighted by Crippen LogP contribution is -2.10. The molecule has 0 aromatic carbocycles. The van der Waals surface area contributed by atoms with Gasteiger partial charge >= 0.3 is 11.8 Å². The molecule has 5 nitrogen and oxygen atoms in total. The molecule has 0 unspecified atom stereocenters. The summed E-state index contributed by atoms with van der Waals surface area (Å²) in [5.74, 6) is 0.158. The van der Waals surface area contributed by atoms with Gasteiger partial charge in [-0.25, -0.2) is 0 Å². The molecule has 0 saturated heterocycles. The molecule has 0 atom stereocenters. The average Bonchev–Trinajstić information content (AvgIpc) is 2.68. The summed E-state index contributed by atoms with van der Waals surface area (Å²) in [6, 6.07) is 0. The van der Waals surface area contributed by atoms with Crippen LogP contribution in [0.15, 0.2) is 4.42 Å². The number of primary amides is 1. The molecule has 1 aromatic rings. The van der Waals surface area contributed by atoms with Gasteiger partial charge in [0.05, 0.1) is 0 Å². The molecule has 1 heterocycles. The molecule has 11 heavy (non-hydrogen) atoms. The van der Waals surface area contributed by atoms with Gasteiger partial charge in [-0.2, -0.15) is 0 Å². The zero-order valence-corrected chi connectivity index (χ0v) is 5.78. The lowest BCUT2D eigenvalue weighted by Gasteiger charge is -1.83. The Bertz CT molecular complexity index is 290. The first-order valence-corrected chi connectivity index (χ1v) is 3.40. The molecule has 1 fully saturated rings. The summed E-state index contributed by atoms with van der Waals surface area (Å²) in [4.78, 5) is 10.5. The number of nitrogens with two attached hydrogens (primary N) is 1. The summed E-state index contributed by atoms with van der Waals surface area (Å²) in [7, 11) is 0. The van der Waals surface area contributed by atoms with Crippen LogP contribution in [0.25, 0.3) is 0 Å². The van der Waals surface area contributed by atoms with Crippen molar-refractivity contribution in [3.63, 3.8) is 0 Å². The standard InChI is InChI=1S/C6H7N3O2/c7-4(10)6-9-8-5(11-6)3-1-2-3/h3H,1-2H2,(H2,7,10). The van der Waals surface area contributed by atoms with Gasteiger partial charge in [0.1, 0.15) is 0 Å². The minimum atomic E-state index is -0.663.